The Morgan fingerprint density at radius 3 is 2.81 bits per heavy atom. The second kappa shape index (κ2) is 5.38. The summed E-state index contributed by atoms with van der Waals surface area (Å²) >= 11 is 1.80. The second-order valence-corrected chi connectivity index (χ2v) is 6.16. The Morgan fingerprint density at radius 1 is 1.10 bits per heavy atom. The number of thiophene rings is 1. The second-order valence-electron chi connectivity index (χ2n) is 5.12. The summed E-state index contributed by atoms with van der Waals surface area (Å²) in [6, 6.07) is 14.9. The van der Waals surface area contributed by atoms with Crippen LogP contribution >= 0.6 is 11.3 Å². The Kier molecular flexibility index (Phi) is 3.25. The lowest BCUT2D eigenvalue weighted by atomic mass is 10.0. The summed E-state index contributed by atoms with van der Waals surface area (Å²) in [5.74, 6) is 0.934. The maximum Gasteiger partial charge on any atom is 0.173 e. The average molecular weight is 297 g/mol. The van der Waals surface area contributed by atoms with Crippen LogP contribution in [0.2, 0.25) is 0 Å². The van der Waals surface area contributed by atoms with E-state index in [0.717, 1.165) is 25.5 Å². The third kappa shape index (κ3) is 2.36. The molecule has 0 unspecified atom stereocenters. The van der Waals surface area contributed by atoms with Crippen molar-refractivity contribution in [3.8, 4) is 0 Å². The zero-order valence-electron chi connectivity index (χ0n) is 11.5. The molecule has 0 fully saturated rings. The van der Waals surface area contributed by atoms with Crippen LogP contribution in [0.5, 0.6) is 0 Å². The van der Waals surface area contributed by atoms with Crippen LogP contribution in [0.3, 0.4) is 0 Å². The fourth-order valence-electron chi connectivity index (χ4n) is 2.85. The van der Waals surface area contributed by atoms with Crippen LogP contribution < -0.4 is 0 Å². The highest BCUT2D eigenvalue weighted by Crippen LogP contribution is 2.31. The van der Waals surface area contributed by atoms with E-state index in [0.29, 0.717) is 0 Å². The lowest BCUT2D eigenvalue weighted by molar-refractivity contribution is 0.165. The van der Waals surface area contributed by atoms with Crippen molar-refractivity contribution in [3.05, 3.63) is 64.1 Å². The molecule has 1 atom stereocenters. The topological polar surface area (TPSA) is 46.8 Å². The summed E-state index contributed by atoms with van der Waals surface area (Å²) < 4.78 is 1.92. The fourth-order valence-corrected chi connectivity index (χ4v) is 3.58. The van der Waals surface area contributed by atoms with Gasteiger partial charge in [-0.3, -0.25) is 4.90 Å². The number of tetrazole rings is 1. The van der Waals surface area contributed by atoms with E-state index in [4.69, 9.17) is 0 Å². The maximum atomic E-state index is 4.26. The lowest BCUT2D eigenvalue weighted by Gasteiger charge is -2.34. The van der Waals surface area contributed by atoms with Gasteiger partial charge in [0.2, 0.25) is 0 Å². The summed E-state index contributed by atoms with van der Waals surface area (Å²) in [4.78, 5) is 3.82. The molecule has 1 aliphatic heterocycles. The highest BCUT2D eigenvalue weighted by Gasteiger charge is 2.31. The molecular weight excluding hydrogens is 282 g/mol. The van der Waals surface area contributed by atoms with Crippen LogP contribution in [0.15, 0.2) is 47.8 Å². The van der Waals surface area contributed by atoms with E-state index in [1.807, 2.05) is 10.7 Å². The van der Waals surface area contributed by atoms with E-state index in [2.05, 4.69) is 62.2 Å². The third-order valence-corrected chi connectivity index (χ3v) is 4.68. The van der Waals surface area contributed by atoms with E-state index < -0.39 is 0 Å². The van der Waals surface area contributed by atoms with Crippen molar-refractivity contribution in [2.45, 2.75) is 19.1 Å². The van der Waals surface area contributed by atoms with Crippen LogP contribution in [0.4, 0.5) is 0 Å². The molecule has 0 aliphatic carbocycles. The minimum absolute atomic E-state index is 0.122. The van der Waals surface area contributed by atoms with Crippen molar-refractivity contribution >= 4 is 11.3 Å². The van der Waals surface area contributed by atoms with Crippen LogP contribution in [-0.2, 0) is 13.1 Å². The first-order valence-electron chi connectivity index (χ1n) is 6.99. The monoisotopic (exact) mass is 297 g/mol. The summed E-state index contributed by atoms with van der Waals surface area (Å²) in [5.41, 5.74) is 1.24. The Bertz CT molecular complexity index is 707. The molecule has 6 heteroatoms. The normalized spacial score (nSPS) is 18.6. The van der Waals surface area contributed by atoms with E-state index in [-0.39, 0.29) is 6.04 Å². The molecule has 2 aromatic heterocycles. The van der Waals surface area contributed by atoms with Gasteiger partial charge in [-0.15, -0.1) is 16.4 Å². The van der Waals surface area contributed by atoms with Crippen molar-refractivity contribution in [1.29, 1.82) is 0 Å². The Labute approximate surface area is 126 Å². The van der Waals surface area contributed by atoms with Gasteiger partial charge in [0.1, 0.15) is 0 Å². The molecule has 3 aromatic rings. The molecule has 21 heavy (non-hydrogen) atoms. The Balaban J connectivity index is 1.73. The van der Waals surface area contributed by atoms with Gasteiger partial charge in [-0.05, 0) is 27.4 Å². The zero-order valence-corrected chi connectivity index (χ0v) is 12.3. The van der Waals surface area contributed by atoms with Gasteiger partial charge in [0.25, 0.3) is 0 Å². The van der Waals surface area contributed by atoms with Gasteiger partial charge in [0, 0.05) is 18.0 Å². The Hall–Kier alpha value is -2.05. The van der Waals surface area contributed by atoms with Crippen LogP contribution in [0.1, 0.15) is 22.3 Å². The van der Waals surface area contributed by atoms with E-state index in [9.17, 15) is 0 Å². The summed E-state index contributed by atoms with van der Waals surface area (Å²) in [6.07, 6.45) is 0. The number of hydrogen-bond acceptors (Lipinski definition) is 5. The number of nitrogens with zero attached hydrogens (tertiary/aromatic N) is 5. The van der Waals surface area contributed by atoms with Gasteiger partial charge in [0.15, 0.2) is 5.82 Å². The predicted octanol–water partition coefficient (Wildman–Crippen LogP) is 2.34. The number of aromatic nitrogens is 4. The van der Waals surface area contributed by atoms with Crippen LogP contribution in [-0.4, -0.2) is 31.7 Å². The molecule has 0 saturated heterocycles. The fraction of sp³-hybridized carbons (Fsp3) is 0.267. The summed E-state index contributed by atoms with van der Waals surface area (Å²) in [5, 5.41) is 14.3. The van der Waals surface area contributed by atoms with E-state index in [1.165, 1.54) is 10.4 Å². The third-order valence-electron chi connectivity index (χ3n) is 3.82. The number of fused-ring (bicyclic) bond motifs is 1. The number of hydrogen-bond donors (Lipinski definition) is 0. The zero-order chi connectivity index (χ0) is 14.1. The number of rotatable bonds is 3. The van der Waals surface area contributed by atoms with E-state index >= 15 is 0 Å². The minimum Gasteiger partial charge on any atom is -0.283 e. The molecule has 0 saturated carbocycles. The molecule has 0 amide bonds. The minimum atomic E-state index is 0.122. The summed E-state index contributed by atoms with van der Waals surface area (Å²) in [7, 11) is 0. The molecule has 0 radical (unpaired) electrons. The van der Waals surface area contributed by atoms with Crippen molar-refractivity contribution in [2.24, 2.45) is 0 Å². The predicted molar refractivity (Wildman–Crippen MR) is 80.8 cm³/mol. The standard InChI is InChI=1S/C15H15N5S/c1-2-5-12(6-3-1)14-15-16-17-18-20(15)9-8-19(14)11-13-7-4-10-21-13/h1-7,10,14H,8-9,11H2/t14-/m1/s1. The molecule has 0 spiro atoms. The highest BCUT2D eigenvalue weighted by molar-refractivity contribution is 7.09. The first-order chi connectivity index (χ1) is 10.4. The van der Waals surface area contributed by atoms with Gasteiger partial charge in [0.05, 0.1) is 12.6 Å². The number of benzene rings is 1. The SMILES string of the molecule is c1ccc([C@@H]2c3nnnn3CCN2Cc2cccs2)cc1. The maximum absolute atomic E-state index is 4.26. The summed E-state index contributed by atoms with van der Waals surface area (Å²) in [6.45, 7) is 2.73. The first-order valence-corrected chi connectivity index (χ1v) is 7.87. The first kappa shape index (κ1) is 12.7. The molecule has 0 bridgehead atoms. The van der Waals surface area contributed by atoms with Crippen molar-refractivity contribution in [1.82, 2.24) is 25.1 Å². The van der Waals surface area contributed by atoms with Crippen LogP contribution in [0.25, 0.3) is 0 Å². The Morgan fingerprint density at radius 2 is 2.00 bits per heavy atom. The van der Waals surface area contributed by atoms with Gasteiger partial charge in [-0.25, -0.2) is 4.68 Å². The van der Waals surface area contributed by atoms with Crippen molar-refractivity contribution < 1.29 is 0 Å². The molecular formula is C15H15N5S. The van der Waals surface area contributed by atoms with Crippen molar-refractivity contribution in [3.63, 3.8) is 0 Å². The largest absolute Gasteiger partial charge is 0.283 e. The molecule has 0 N–H and O–H groups in total. The van der Waals surface area contributed by atoms with Gasteiger partial charge in [-0.1, -0.05) is 36.4 Å². The molecule has 1 aromatic carbocycles. The van der Waals surface area contributed by atoms with E-state index in [1.54, 1.807) is 11.3 Å². The molecule has 1 aliphatic rings. The molecule has 3 heterocycles. The quantitative estimate of drug-likeness (QED) is 0.744. The van der Waals surface area contributed by atoms with Gasteiger partial charge >= 0.3 is 0 Å². The molecule has 5 nitrogen and oxygen atoms in total. The van der Waals surface area contributed by atoms with Crippen molar-refractivity contribution in [2.75, 3.05) is 6.54 Å². The smallest absolute Gasteiger partial charge is 0.173 e. The lowest BCUT2D eigenvalue weighted by Crippen LogP contribution is -2.38. The highest BCUT2D eigenvalue weighted by atomic mass is 32.1. The molecule has 4 rings (SSSR count). The van der Waals surface area contributed by atoms with Gasteiger partial charge < -0.3 is 0 Å². The molecule has 106 valence electrons. The van der Waals surface area contributed by atoms with Gasteiger partial charge in [-0.2, -0.15) is 0 Å². The average Bonchev–Trinajstić information content (AvgIpc) is 3.19. The van der Waals surface area contributed by atoms with Crippen LogP contribution in [0, 0.1) is 0 Å².